The second kappa shape index (κ2) is 9.05. The maximum Gasteiger partial charge on any atom is 0.407 e. The zero-order chi connectivity index (χ0) is 17.9. The molecule has 1 fully saturated rings. The van der Waals surface area contributed by atoms with Crippen LogP contribution in [0.3, 0.4) is 0 Å². The third-order valence-electron chi connectivity index (χ3n) is 4.93. The number of hydrogen-bond donors (Lipinski definition) is 0. The maximum atomic E-state index is 6.24. The predicted octanol–water partition coefficient (Wildman–Crippen LogP) is 3.28. The Labute approximate surface area is 172 Å². The average Bonchev–Trinajstić information content (AvgIpc) is 3.39. The maximum absolute atomic E-state index is 6.24. The summed E-state index contributed by atoms with van der Waals surface area (Å²) in [5.74, 6) is 0. The van der Waals surface area contributed by atoms with Crippen molar-refractivity contribution in [2.45, 2.75) is 25.2 Å². The van der Waals surface area contributed by atoms with Crippen LogP contribution >= 0.6 is 0 Å². The van der Waals surface area contributed by atoms with E-state index in [9.17, 15) is 0 Å². The van der Waals surface area contributed by atoms with E-state index < -0.39 is 0 Å². The molecule has 1 saturated heterocycles. The molecule has 1 aliphatic heterocycles. The number of hydrogen-bond acceptors (Lipinski definition) is 3. The zero-order valence-corrected chi connectivity index (χ0v) is 16.8. The molecule has 0 amide bonds. The molecule has 2 aliphatic rings. The van der Waals surface area contributed by atoms with Gasteiger partial charge in [0.15, 0.2) is 0 Å². The predicted molar refractivity (Wildman–Crippen MR) is 106 cm³/mol. The molecule has 0 spiro atoms. The molecular formula is C22H24BFeNO2-2. The molecule has 27 heavy (non-hydrogen) atoms. The van der Waals surface area contributed by atoms with Gasteiger partial charge in [-0.05, 0) is 31.8 Å². The van der Waals surface area contributed by atoms with Crippen LogP contribution in [0, 0.1) is 0 Å². The summed E-state index contributed by atoms with van der Waals surface area (Å²) >= 11 is 0. The van der Waals surface area contributed by atoms with Crippen molar-refractivity contribution in [3.05, 3.63) is 89.5 Å². The van der Waals surface area contributed by atoms with Crippen molar-refractivity contribution in [2.75, 3.05) is 14.1 Å². The number of fused-ring (bicyclic) bond motifs is 3. The third-order valence-corrected chi connectivity index (χ3v) is 4.93. The van der Waals surface area contributed by atoms with Crippen molar-refractivity contribution in [1.29, 1.82) is 0 Å². The van der Waals surface area contributed by atoms with Gasteiger partial charge >= 0.3 is 7.12 Å². The van der Waals surface area contributed by atoms with Crippen LogP contribution in [0.15, 0.2) is 72.8 Å². The van der Waals surface area contributed by atoms with Gasteiger partial charge in [0.2, 0.25) is 0 Å². The van der Waals surface area contributed by atoms with Gasteiger partial charge in [0.1, 0.15) is 0 Å². The van der Waals surface area contributed by atoms with Crippen molar-refractivity contribution in [2.24, 2.45) is 0 Å². The molecule has 0 saturated carbocycles. The Bertz CT molecular complexity index is 813. The van der Waals surface area contributed by atoms with E-state index in [1.165, 1.54) is 22.2 Å². The molecule has 2 atom stereocenters. The molecular weight excluding hydrogens is 377 g/mol. The molecule has 5 heteroatoms. The smallest absolute Gasteiger partial charge is 0.407 e. The van der Waals surface area contributed by atoms with Crippen LogP contribution in [0.5, 0.6) is 0 Å². The van der Waals surface area contributed by atoms with Crippen molar-refractivity contribution in [1.82, 2.24) is 4.90 Å². The summed E-state index contributed by atoms with van der Waals surface area (Å²) in [7, 11) is 3.94. The van der Waals surface area contributed by atoms with Crippen LogP contribution in [0.25, 0.3) is 0 Å². The second-order valence-electron chi connectivity index (χ2n) is 7.17. The van der Waals surface area contributed by atoms with Crippen LogP contribution in [0.1, 0.15) is 22.8 Å². The summed E-state index contributed by atoms with van der Waals surface area (Å²) in [5.41, 5.74) is 5.13. The summed E-state index contributed by atoms with van der Waals surface area (Å²) in [4.78, 5) is 2.17. The van der Waals surface area contributed by atoms with Gasteiger partial charge in [-0.2, -0.15) is 41.4 Å². The molecule has 0 unspecified atom stereocenters. The summed E-state index contributed by atoms with van der Waals surface area (Å²) in [5, 5.41) is 0. The van der Waals surface area contributed by atoms with Crippen LogP contribution in [0.4, 0.5) is 0 Å². The van der Waals surface area contributed by atoms with Crippen molar-refractivity contribution >= 4 is 12.6 Å². The topological polar surface area (TPSA) is 21.7 Å². The van der Waals surface area contributed by atoms with E-state index in [0.29, 0.717) is 0 Å². The van der Waals surface area contributed by atoms with Crippen LogP contribution in [0.2, 0.25) is 0 Å². The second-order valence-corrected chi connectivity index (χ2v) is 7.17. The Morgan fingerprint density at radius 1 is 1.04 bits per heavy atom. The average molecular weight is 401 g/mol. The number of nitrogens with zero attached hydrogens (tertiary/aromatic N) is 1. The van der Waals surface area contributed by atoms with Crippen LogP contribution < -0.4 is 5.46 Å². The van der Waals surface area contributed by atoms with E-state index >= 15 is 0 Å². The Hall–Kier alpha value is -1.62. The fraction of sp³-hybridized carbons (Fsp3) is 0.273. The molecule has 0 radical (unpaired) electrons. The first kappa shape index (κ1) is 20.1. The summed E-state index contributed by atoms with van der Waals surface area (Å²) in [6.07, 6.45) is 1.21. The van der Waals surface area contributed by atoms with E-state index in [-0.39, 0.29) is 36.4 Å². The van der Waals surface area contributed by atoms with Crippen LogP contribution in [-0.4, -0.2) is 32.2 Å². The Kier molecular flexibility index (Phi) is 6.75. The molecule has 3 aromatic carbocycles. The quantitative estimate of drug-likeness (QED) is 0.497. The van der Waals surface area contributed by atoms with Gasteiger partial charge in [0.25, 0.3) is 0 Å². The fourth-order valence-electron chi connectivity index (χ4n) is 3.78. The molecule has 142 valence electrons. The van der Waals surface area contributed by atoms with Gasteiger partial charge in [-0.25, -0.2) is 18.2 Å². The van der Waals surface area contributed by atoms with Gasteiger partial charge in [-0.1, -0.05) is 24.3 Å². The monoisotopic (exact) mass is 401 g/mol. The normalized spacial score (nSPS) is 19.9. The number of rotatable bonds is 3. The summed E-state index contributed by atoms with van der Waals surface area (Å²) in [6, 6.07) is 24.9. The third kappa shape index (κ3) is 4.45. The van der Waals surface area contributed by atoms with Crippen LogP contribution in [-0.2, 0) is 39.3 Å². The molecule has 0 bridgehead atoms. The van der Waals surface area contributed by atoms with E-state index in [1.807, 2.05) is 30.3 Å². The minimum atomic E-state index is -0.224. The Balaban J connectivity index is 0.000000306. The van der Waals surface area contributed by atoms with E-state index in [2.05, 4.69) is 61.5 Å². The van der Waals surface area contributed by atoms with E-state index in [0.717, 1.165) is 13.0 Å². The molecule has 3 aromatic rings. The number of benzene rings is 1. The molecule has 1 aliphatic carbocycles. The van der Waals surface area contributed by atoms with Gasteiger partial charge in [0, 0.05) is 23.5 Å². The SMILES string of the molecule is CN(C)Cc1[cH-]ccc1B1O[C@H]2Cc3ccccc3[C@H]2O1.[Fe].c1cc[cH-]c1. The van der Waals surface area contributed by atoms with Crippen molar-refractivity contribution in [3.8, 4) is 0 Å². The largest absolute Gasteiger partial charge is 0.412 e. The van der Waals surface area contributed by atoms with Gasteiger partial charge in [-0.3, -0.25) is 0 Å². The van der Waals surface area contributed by atoms with Gasteiger partial charge in [0.05, 0.1) is 12.2 Å². The minimum absolute atomic E-state index is 0. The Morgan fingerprint density at radius 2 is 1.81 bits per heavy atom. The van der Waals surface area contributed by atoms with Crippen molar-refractivity contribution < 1.29 is 26.4 Å². The van der Waals surface area contributed by atoms with Gasteiger partial charge in [-0.15, -0.1) is 0 Å². The first-order chi connectivity index (χ1) is 12.7. The molecule has 0 aromatic heterocycles. The first-order valence-corrected chi connectivity index (χ1v) is 9.17. The summed E-state index contributed by atoms with van der Waals surface area (Å²) in [6.45, 7) is 0.914. The minimum Gasteiger partial charge on any atom is -0.412 e. The van der Waals surface area contributed by atoms with Crippen molar-refractivity contribution in [3.63, 3.8) is 0 Å². The fourth-order valence-corrected chi connectivity index (χ4v) is 3.78. The van der Waals surface area contributed by atoms with E-state index in [4.69, 9.17) is 9.31 Å². The van der Waals surface area contributed by atoms with Gasteiger partial charge < -0.3 is 14.2 Å². The standard InChI is InChI=1S/C17H19BNO2.C5H5.Fe/c1-19(2)11-13-7-5-9-15(13)18-20-16-10-12-6-3-4-8-14(12)17(16)21-18;1-2-4-5-3-1;/h3-9,16-17H,10-11H2,1-2H3;1-5H;/q2*-1;/t16-,17+;;/m0../s1. The zero-order valence-electron chi connectivity index (χ0n) is 15.7. The molecule has 5 rings (SSSR count). The summed E-state index contributed by atoms with van der Waals surface area (Å²) < 4.78 is 12.4. The molecule has 3 nitrogen and oxygen atoms in total. The Morgan fingerprint density at radius 3 is 2.52 bits per heavy atom. The first-order valence-electron chi connectivity index (χ1n) is 9.17. The van der Waals surface area contributed by atoms with E-state index in [1.54, 1.807) is 0 Å². The molecule has 0 N–H and O–H groups in total. The molecule has 1 heterocycles.